The van der Waals surface area contributed by atoms with Crippen LogP contribution in [-0.4, -0.2) is 28.3 Å². The number of carbonyl (C=O) groups is 2. The van der Waals surface area contributed by atoms with Gasteiger partial charge in [-0.1, -0.05) is 59.6 Å². The zero-order chi connectivity index (χ0) is 20.9. The molecule has 0 heterocycles. The van der Waals surface area contributed by atoms with Crippen molar-refractivity contribution in [3.8, 4) is 0 Å². The van der Waals surface area contributed by atoms with Gasteiger partial charge < -0.3 is 10.2 Å². The molecule has 2 aromatic rings. The molecule has 0 unspecified atom stereocenters. The summed E-state index contributed by atoms with van der Waals surface area (Å²) < 4.78 is 0. The fraction of sp³-hybridized carbons (Fsp3) is 0.364. The van der Waals surface area contributed by atoms with Gasteiger partial charge in [0.05, 0.1) is 16.5 Å². The van der Waals surface area contributed by atoms with E-state index in [9.17, 15) is 9.59 Å². The third-order valence-electron chi connectivity index (χ3n) is 4.20. The summed E-state index contributed by atoms with van der Waals surface area (Å²) in [4.78, 5) is 27.4. The molecular weight excluding hydrogens is 395 g/mol. The third-order valence-corrected chi connectivity index (χ3v) is 4.94. The topological polar surface area (TPSA) is 49.4 Å². The summed E-state index contributed by atoms with van der Waals surface area (Å²) in [7, 11) is 0. The smallest absolute Gasteiger partial charge is 0.242 e. The second-order valence-electron chi connectivity index (χ2n) is 7.85. The molecule has 1 atom stereocenters. The van der Waals surface area contributed by atoms with Crippen molar-refractivity contribution in [3.05, 3.63) is 69.7 Å². The van der Waals surface area contributed by atoms with Gasteiger partial charge in [-0.15, -0.1) is 0 Å². The van der Waals surface area contributed by atoms with Gasteiger partial charge in [0.25, 0.3) is 0 Å². The Kier molecular flexibility index (Phi) is 7.50. The molecule has 0 radical (unpaired) electrons. The maximum absolute atomic E-state index is 13.1. The largest absolute Gasteiger partial charge is 0.350 e. The Labute approximate surface area is 176 Å². The first-order valence-electron chi connectivity index (χ1n) is 9.16. The van der Waals surface area contributed by atoms with Crippen LogP contribution in [0.2, 0.25) is 10.0 Å². The van der Waals surface area contributed by atoms with Gasteiger partial charge in [0.1, 0.15) is 6.04 Å². The van der Waals surface area contributed by atoms with Crippen LogP contribution >= 0.6 is 23.2 Å². The maximum atomic E-state index is 13.1. The molecule has 1 N–H and O–H groups in total. The molecule has 28 heavy (non-hydrogen) atoms. The Morgan fingerprint density at radius 2 is 1.64 bits per heavy atom. The Morgan fingerprint density at radius 1 is 1.00 bits per heavy atom. The molecule has 0 bridgehead atoms. The van der Waals surface area contributed by atoms with Gasteiger partial charge in [-0.3, -0.25) is 9.59 Å². The molecule has 0 saturated heterocycles. The molecule has 2 rings (SSSR count). The predicted molar refractivity (Wildman–Crippen MR) is 115 cm³/mol. The van der Waals surface area contributed by atoms with E-state index in [1.54, 1.807) is 30.0 Å². The van der Waals surface area contributed by atoms with Crippen molar-refractivity contribution in [2.75, 3.05) is 0 Å². The molecule has 150 valence electrons. The lowest BCUT2D eigenvalue weighted by Gasteiger charge is -2.31. The molecule has 0 fully saturated rings. The van der Waals surface area contributed by atoms with Gasteiger partial charge in [0, 0.05) is 12.1 Å². The van der Waals surface area contributed by atoms with Crippen LogP contribution in [-0.2, 0) is 22.6 Å². The highest BCUT2D eigenvalue weighted by atomic mass is 35.5. The van der Waals surface area contributed by atoms with Crippen molar-refractivity contribution in [2.24, 2.45) is 0 Å². The molecule has 4 nitrogen and oxygen atoms in total. The summed E-state index contributed by atoms with van der Waals surface area (Å²) in [6, 6.07) is 14.1. The maximum Gasteiger partial charge on any atom is 0.242 e. The van der Waals surface area contributed by atoms with Gasteiger partial charge in [-0.2, -0.15) is 0 Å². The van der Waals surface area contributed by atoms with Crippen LogP contribution in [0, 0.1) is 0 Å². The van der Waals surface area contributed by atoms with Crippen molar-refractivity contribution in [3.63, 3.8) is 0 Å². The van der Waals surface area contributed by atoms with Crippen molar-refractivity contribution in [2.45, 2.75) is 52.2 Å². The molecule has 0 aliphatic rings. The van der Waals surface area contributed by atoms with E-state index < -0.39 is 6.04 Å². The van der Waals surface area contributed by atoms with Crippen molar-refractivity contribution in [1.82, 2.24) is 10.2 Å². The normalized spacial score (nSPS) is 12.4. The summed E-state index contributed by atoms with van der Waals surface area (Å²) in [6.07, 6.45) is 0.136. The molecule has 2 amide bonds. The number of hydrogen-bond acceptors (Lipinski definition) is 2. The summed E-state index contributed by atoms with van der Waals surface area (Å²) >= 11 is 12.0. The van der Waals surface area contributed by atoms with E-state index in [2.05, 4.69) is 5.32 Å². The number of amides is 2. The third kappa shape index (κ3) is 6.54. The molecule has 6 heteroatoms. The van der Waals surface area contributed by atoms with Gasteiger partial charge in [0.15, 0.2) is 0 Å². The Bertz CT molecular complexity index is 832. The minimum atomic E-state index is -0.616. The fourth-order valence-corrected chi connectivity index (χ4v) is 3.08. The number of rotatable bonds is 6. The van der Waals surface area contributed by atoms with Crippen LogP contribution in [0.25, 0.3) is 0 Å². The van der Waals surface area contributed by atoms with Crippen LogP contribution in [0.4, 0.5) is 0 Å². The van der Waals surface area contributed by atoms with Crippen LogP contribution in [0.15, 0.2) is 48.5 Å². The SMILES string of the molecule is C[C@H](C(=O)NC(C)(C)C)N(Cc1ccccc1)C(=O)Cc1ccc(Cl)c(Cl)c1. The number of carbonyl (C=O) groups excluding carboxylic acids is 2. The number of nitrogens with one attached hydrogen (secondary N) is 1. The van der Waals surface area contributed by atoms with Crippen molar-refractivity contribution < 1.29 is 9.59 Å². The van der Waals surface area contributed by atoms with Crippen LogP contribution in [0.1, 0.15) is 38.8 Å². The Morgan fingerprint density at radius 3 is 2.21 bits per heavy atom. The number of hydrogen-bond donors (Lipinski definition) is 1. The van der Waals surface area contributed by atoms with E-state index in [4.69, 9.17) is 23.2 Å². The lowest BCUT2D eigenvalue weighted by atomic mass is 10.1. The monoisotopic (exact) mass is 420 g/mol. The second kappa shape index (κ2) is 9.44. The van der Waals surface area contributed by atoms with Gasteiger partial charge in [0.2, 0.25) is 11.8 Å². The first-order valence-corrected chi connectivity index (χ1v) is 9.92. The molecule has 0 aromatic heterocycles. The van der Waals surface area contributed by atoms with E-state index in [0.717, 1.165) is 11.1 Å². The number of nitrogens with zero attached hydrogens (tertiary/aromatic N) is 1. The second-order valence-corrected chi connectivity index (χ2v) is 8.66. The number of halogens is 2. The van der Waals surface area contributed by atoms with E-state index in [0.29, 0.717) is 16.6 Å². The van der Waals surface area contributed by atoms with E-state index in [-0.39, 0.29) is 23.8 Å². The van der Waals surface area contributed by atoms with Gasteiger partial charge >= 0.3 is 0 Å². The Balaban J connectivity index is 2.24. The van der Waals surface area contributed by atoms with Crippen LogP contribution in [0.5, 0.6) is 0 Å². The Hall–Kier alpha value is -2.04. The molecule has 0 saturated carbocycles. The minimum absolute atomic E-state index is 0.136. The summed E-state index contributed by atoms with van der Waals surface area (Å²) in [6.45, 7) is 7.83. The average molecular weight is 421 g/mol. The average Bonchev–Trinajstić information content (AvgIpc) is 2.61. The lowest BCUT2D eigenvalue weighted by molar-refractivity contribution is -0.140. The van der Waals surface area contributed by atoms with E-state index in [1.165, 1.54) is 0 Å². The van der Waals surface area contributed by atoms with Crippen LogP contribution < -0.4 is 5.32 Å². The first kappa shape index (κ1) is 22.3. The quantitative estimate of drug-likeness (QED) is 0.724. The lowest BCUT2D eigenvalue weighted by Crippen LogP contribution is -2.52. The molecule has 0 spiro atoms. The summed E-state index contributed by atoms with van der Waals surface area (Å²) in [5.74, 6) is -0.343. The highest BCUT2D eigenvalue weighted by Gasteiger charge is 2.28. The molecule has 0 aliphatic carbocycles. The fourth-order valence-electron chi connectivity index (χ4n) is 2.76. The van der Waals surface area contributed by atoms with Gasteiger partial charge in [-0.25, -0.2) is 0 Å². The number of benzene rings is 2. The van der Waals surface area contributed by atoms with Crippen molar-refractivity contribution >= 4 is 35.0 Å². The first-order chi connectivity index (χ1) is 13.1. The zero-order valence-electron chi connectivity index (χ0n) is 16.6. The van der Waals surface area contributed by atoms with Gasteiger partial charge in [-0.05, 0) is 51.0 Å². The van der Waals surface area contributed by atoms with Crippen molar-refractivity contribution in [1.29, 1.82) is 0 Å². The highest BCUT2D eigenvalue weighted by molar-refractivity contribution is 6.42. The molecule has 2 aromatic carbocycles. The standard InChI is InChI=1S/C22H26Cl2N2O2/c1-15(21(28)25-22(2,3)4)26(14-16-8-6-5-7-9-16)20(27)13-17-10-11-18(23)19(24)12-17/h5-12,15H,13-14H2,1-4H3,(H,25,28)/t15-/m1/s1. The molecule has 0 aliphatic heterocycles. The zero-order valence-corrected chi connectivity index (χ0v) is 18.1. The predicted octanol–water partition coefficient (Wildman–Crippen LogP) is 4.87. The highest BCUT2D eigenvalue weighted by Crippen LogP contribution is 2.23. The van der Waals surface area contributed by atoms with Crippen LogP contribution in [0.3, 0.4) is 0 Å². The molecular formula is C22H26Cl2N2O2. The summed E-state index contributed by atoms with van der Waals surface area (Å²) in [5.41, 5.74) is 1.33. The summed E-state index contributed by atoms with van der Waals surface area (Å²) in [5, 5.41) is 3.79. The van der Waals surface area contributed by atoms with E-state index >= 15 is 0 Å². The minimum Gasteiger partial charge on any atom is -0.350 e. The van der Waals surface area contributed by atoms with E-state index in [1.807, 2.05) is 51.1 Å².